The highest BCUT2D eigenvalue weighted by Crippen LogP contribution is 2.25. The van der Waals surface area contributed by atoms with Crippen molar-refractivity contribution < 1.29 is 4.92 Å². The second kappa shape index (κ2) is 7.01. The number of nitro groups is 1. The Hall–Kier alpha value is -2.76. The van der Waals surface area contributed by atoms with Gasteiger partial charge in [-0.05, 0) is 26.2 Å². The molecular weight excluding hydrogens is 320 g/mol. The van der Waals surface area contributed by atoms with Crippen molar-refractivity contribution in [2.75, 3.05) is 45.6 Å². The van der Waals surface area contributed by atoms with Crippen LogP contribution < -0.4 is 5.32 Å². The summed E-state index contributed by atoms with van der Waals surface area (Å²) in [6, 6.07) is 8.51. The molecule has 3 rings (SSSR count). The van der Waals surface area contributed by atoms with Crippen molar-refractivity contribution in [3.05, 3.63) is 39.9 Å². The molecule has 1 aliphatic rings. The molecule has 1 unspecified atom stereocenters. The molecule has 1 fully saturated rings. The van der Waals surface area contributed by atoms with Crippen LogP contribution >= 0.6 is 0 Å². The van der Waals surface area contributed by atoms with Crippen molar-refractivity contribution in [1.29, 1.82) is 5.26 Å². The number of non-ortho nitro benzene ring substituents is 1. The largest absolute Gasteiger partial charge is 0.368 e. The molecule has 130 valence electrons. The minimum absolute atomic E-state index is 0.0432. The molecule has 1 aromatic heterocycles. The lowest BCUT2D eigenvalue weighted by molar-refractivity contribution is -0.384. The lowest BCUT2D eigenvalue weighted by atomic mass is 10.1. The van der Waals surface area contributed by atoms with E-state index >= 15 is 0 Å². The van der Waals surface area contributed by atoms with Gasteiger partial charge in [-0.15, -0.1) is 0 Å². The number of nitrogens with zero attached hydrogens (tertiary/aromatic N) is 5. The molecule has 1 N–H and O–H groups in total. The highest BCUT2D eigenvalue weighted by atomic mass is 16.6. The zero-order chi connectivity index (χ0) is 18.0. The standard InChI is InChI=1S/C17H20N6O2/c1-21-5-6-22(2)14(11-21)10-19-17-7-12(9-18)15-8-13(23(24)25)3-4-16(15)20-17/h3-4,7-8,14H,5-6,10-11H2,1-2H3,(H,19,20). The lowest BCUT2D eigenvalue weighted by Gasteiger charge is -2.37. The van der Waals surface area contributed by atoms with Gasteiger partial charge < -0.3 is 10.2 Å². The van der Waals surface area contributed by atoms with Crippen LogP contribution in [0.25, 0.3) is 10.9 Å². The van der Waals surface area contributed by atoms with Crippen molar-refractivity contribution >= 4 is 22.4 Å². The topological polar surface area (TPSA) is 98.3 Å². The number of pyridine rings is 1. The van der Waals surface area contributed by atoms with Gasteiger partial charge in [0.1, 0.15) is 5.82 Å². The van der Waals surface area contributed by atoms with E-state index in [4.69, 9.17) is 0 Å². The van der Waals surface area contributed by atoms with E-state index in [9.17, 15) is 15.4 Å². The number of rotatable bonds is 4. The fraction of sp³-hybridized carbons (Fsp3) is 0.412. The van der Waals surface area contributed by atoms with E-state index < -0.39 is 4.92 Å². The van der Waals surface area contributed by atoms with Gasteiger partial charge in [0.05, 0.1) is 22.1 Å². The maximum absolute atomic E-state index is 10.9. The van der Waals surface area contributed by atoms with Crippen LogP contribution in [0.15, 0.2) is 24.3 Å². The zero-order valence-corrected chi connectivity index (χ0v) is 14.3. The molecule has 0 radical (unpaired) electrons. The summed E-state index contributed by atoms with van der Waals surface area (Å²) in [4.78, 5) is 19.6. The Labute approximate surface area is 145 Å². The number of piperazine rings is 1. The lowest BCUT2D eigenvalue weighted by Crippen LogP contribution is -2.52. The predicted octanol–water partition coefficient (Wildman–Crippen LogP) is 1.67. The van der Waals surface area contributed by atoms with Crippen LogP contribution in [0.5, 0.6) is 0 Å². The van der Waals surface area contributed by atoms with Crippen LogP contribution in [0.3, 0.4) is 0 Å². The smallest absolute Gasteiger partial charge is 0.270 e. The first-order chi connectivity index (χ1) is 12.0. The van der Waals surface area contributed by atoms with Crippen molar-refractivity contribution in [2.45, 2.75) is 6.04 Å². The summed E-state index contributed by atoms with van der Waals surface area (Å²) in [7, 11) is 4.21. The van der Waals surface area contributed by atoms with E-state index in [1.807, 2.05) is 0 Å². The normalized spacial score (nSPS) is 18.8. The summed E-state index contributed by atoms with van der Waals surface area (Å²) in [5.41, 5.74) is 0.907. The highest BCUT2D eigenvalue weighted by molar-refractivity contribution is 5.88. The van der Waals surface area contributed by atoms with Gasteiger partial charge in [0.15, 0.2) is 0 Å². The van der Waals surface area contributed by atoms with E-state index in [-0.39, 0.29) is 5.69 Å². The van der Waals surface area contributed by atoms with Crippen LogP contribution in [0.2, 0.25) is 0 Å². The number of hydrogen-bond donors (Lipinski definition) is 1. The SMILES string of the molecule is CN1CCN(C)C(CNc2cc(C#N)c3cc([N+](=O)[O-])ccc3n2)C1. The van der Waals surface area contributed by atoms with Crippen LogP contribution in [0.4, 0.5) is 11.5 Å². The molecule has 8 heteroatoms. The minimum Gasteiger partial charge on any atom is -0.368 e. The van der Waals surface area contributed by atoms with Crippen LogP contribution in [-0.2, 0) is 0 Å². The van der Waals surface area contributed by atoms with Crippen molar-refractivity contribution in [3.63, 3.8) is 0 Å². The second-order valence-electron chi connectivity index (χ2n) is 6.40. The molecular formula is C17H20N6O2. The third-order valence-electron chi connectivity index (χ3n) is 4.62. The monoisotopic (exact) mass is 340 g/mol. The Morgan fingerprint density at radius 2 is 2.20 bits per heavy atom. The van der Waals surface area contributed by atoms with Gasteiger partial charge in [-0.1, -0.05) is 0 Å². The van der Waals surface area contributed by atoms with Gasteiger partial charge in [-0.25, -0.2) is 4.98 Å². The van der Waals surface area contributed by atoms with Gasteiger partial charge in [0.2, 0.25) is 0 Å². The number of hydrogen-bond acceptors (Lipinski definition) is 7. The summed E-state index contributed by atoms with van der Waals surface area (Å²) in [5.74, 6) is 0.611. The molecule has 0 amide bonds. The Kier molecular flexibility index (Phi) is 4.79. The summed E-state index contributed by atoms with van der Waals surface area (Å²) in [6.45, 7) is 3.76. The predicted molar refractivity (Wildman–Crippen MR) is 95.5 cm³/mol. The third-order valence-corrected chi connectivity index (χ3v) is 4.62. The summed E-state index contributed by atoms with van der Waals surface area (Å²) >= 11 is 0. The van der Waals surface area contributed by atoms with E-state index in [2.05, 4.69) is 40.3 Å². The van der Waals surface area contributed by atoms with Crippen LogP contribution in [0, 0.1) is 21.4 Å². The minimum atomic E-state index is -0.470. The molecule has 0 aliphatic carbocycles. The van der Waals surface area contributed by atoms with E-state index in [0.29, 0.717) is 28.3 Å². The van der Waals surface area contributed by atoms with Gasteiger partial charge in [0, 0.05) is 49.7 Å². The van der Waals surface area contributed by atoms with Crippen molar-refractivity contribution in [1.82, 2.24) is 14.8 Å². The van der Waals surface area contributed by atoms with Gasteiger partial charge >= 0.3 is 0 Å². The first kappa shape index (κ1) is 17.1. The zero-order valence-electron chi connectivity index (χ0n) is 14.3. The average molecular weight is 340 g/mol. The van der Waals surface area contributed by atoms with E-state index in [0.717, 1.165) is 26.2 Å². The molecule has 0 bridgehead atoms. The van der Waals surface area contributed by atoms with E-state index in [1.165, 1.54) is 12.1 Å². The Balaban J connectivity index is 1.84. The molecule has 1 atom stereocenters. The fourth-order valence-corrected chi connectivity index (χ4v) is 3.05. The number of likely N-dealkylation sites (N-methyl/N-ethyl adjacent to an activating group) is 2. The molecule has 1 saturated heterocycles. The van der Waals surface area contributed by atoms with Gasteiger partial charge in [-0.2, -0.15) is 5.26 Å². The number of fused-ring (bicyclic) bond motifs is 1. The van der Waals surface area contributed by atoms with Gasteiger partial charge in [0.25, 0.3) is 5.69 Å². The molecule has 1 aromatic carbocycles. The molecule has 25 heavy (non-hydrogen) atoms. The summed E-state index contributed by atoms with van der Waals surface area (Å²) in [6.07, 6.45) is 0. The van der Waals surface area contributed by atoms with Crippen LogP contribution in [0.1, 0.15) is 5.56 Å². The van der Waals surface area contributed by atoms with Crippen molar-refractivity contribution in [2.24, 2.45) is 0 Å². The highest BCUT2D eigenvalue weighted by Gasteiger charge is 2.22. The Bertz CT molecular complexity index is 847. The number of aromatic nitrogens is 1. The maximum atomic E-state index is 10.9. The number of nitro benzene ring substituents is 1. The molecule has 2 aromatic rings. The fourth-order valence-electron chi connectivity index (χ4n) is 3.05. The first-order valence-electron chi connectivity index (χ1n) is 8.10. The number of nitriles is 1. The van der Waals surface area contributed by atoms with Crippen LogP contribution in [-0.4, -0.2) is 66.0 Å². The second-order valence-corrected chi connectivity index (χ2v) is 6.40. The third kappa shape index (κ3) is 3.68. The average Bonchev–Trinajstić information content (AvgIpc) is 2.61. The summed E-state index contributed by atoms with van der Waals surface area (Å²) < 4.78 is 0. The number of nitrogens with one attached hydrogen (secondary N) is 1. The van der Waals surface area contributed by atoms with Gasteiger partial charge in [-0.3, -0.25) is 15.0 Å². The molecule has 2 heterocycles. The van der Waals surface area contributed by atoms with Crippen molar-refractivity contribution in [3.8, 4) is 6.07 Å². The first-order valence-corrected chi connectivity index (χ1v) is 8.10. The molecule has 8 nitrogen and oxygen atoms in total. The molecule has 0 saturated carbocycles. The van der Waals surface area contributed by atoms with E-state index in [1.54, 1.807) is 12.1 Å². The molecule has 1 aliphatic heterocycles. The quantitative estimate of drug-likeness (QED) is 0.668. The Morgan fingerprint density at radius 1 is 1.40 bits per heavy atom. The number of anilines is 1. The molecule has 0 spiro atoms. The maximum Gasteiger partial charge on any atom is 0.270 e. The summed E-state index contributed by atoms with van der Waals surface area (Å²) in [5, 5.41) is 24.1. The Morgan fingerprint density at radius 3 is 2.92 bits per heavy atom. The number of benzene rings is 1.